The Hall–Kier alpha value is -6.58. The zero-order chi connectivity index (χ0) is 39.8. The van der Waals surface area contributed by atoms with E-state index in [2.05, 4.69) is 163 Å². The lowest BCUT2D eigenvalue weighted by Gasteiger charge is -2.36. The Kier molecular flexibility index (Phi) is 7.26. The van der Waals surface area contributed by atoms with Crippen LogP contribution in [0.2, 0.25) is 0 Å². The maximum absolute atomic E-state index is 6.17. The number of hydrogen-bond donors (Lipinski definition) is 1. The maximum Gasteiger partial charge on any atom is 0.0778 e. The van der Waals surface area contributed by atoms with Gasteiger partial charge in [-0.05, 0) is 94.2 Å². The van der Waals surface area contributed by atoms with Crippen molar-refractivity contribution in [3.05, 3.63) is 236 Å². The average Bonchev–Trinajstić information content (AvgIpc) is 4.07. The minimum atomic E-state index is 0.304. The van der Waals surface area contributed by atoms with Crippen LogP contribution in [0, 0.1) is 23.7 Å². The van der Waals surface area contributed by atoms with Crippen molar-refractivity contribution < 1.29 is 0 Å². The largest absolute Gasteiger partial charge is 0.354 e. The van der Waals surface area contributed by atoms with E-state index in [1.165, 1.54) is 89.4 Å². The zero-order valence-electron chi connectivity index (χ0n) is 34.1. The second-order valence-corrected chi connectivity index (χ2v) is 18.5. The van der Waals surface area contributed by atoms with Gasteiger partial charge >= 0.3 is 0 Å². The molecule has 1 aromatic heterocycles. The molecule has 0 saturated carbocycles. The molecule has 0 spiro atoms. The third kappa shape index (κ3) is 4.81. The van der Waals surface area contributed by atoms with Crippen molar-refractivity contribution in [2.75, 3.05) is 0 Å². The van der Waals surface area contributed by atoms with Crippen LogP contribution in [0.1, 0.15) is 95.1 Å². The minimum Gasteiger partial charge on any atom is -0.354 e. The Morgan fingerprint density at radius 3 is 0.951 bits per heavy atom. The fourth-order valence-corrected chi connectivity index (χ4v) is 12.9. The number of rotatable bonds is 4. The number of benzene rings is 4. The van der Waals surface area contributed by atoms with E-state index >= 15 is 0 Å². The summed E-state index contributed by atoms with van der Waals surface area (Å²) < 4.78 is 0. The molecule has 0 saturated heterocycles. The zero-order valence-corrected chi connectivity index (χ0v) is 34.1. The molecular formula is C58H45N3. The molecule has 1 N–H and O–H groups in total. The summed E-state index contributed by atoms with van der Waals surface area (Å²) in [5, 5.41) is 0. The molecule has 6 atom stereocenters. The van der Waals surface area contributed by atoms with E-state index in [9.17, 15) is 0 Å². The molecule has 10 aliphatic carbocycles. The highest BCUT2D eigenvalue weighted by Gasteiger charge is 2.47. The number of H-pyrrole nitrogens is 1. The quantitative estimate of drug-likeness (QED) is 0.176. The summed E-state index contributed by atoms with van der Waals surface area (Å²) >= 11 is 0. The standard InChI is InChI=1S/C58H45N3/c1-5-13-33(14-6-1)43-44(34-15-7-2-8-16-34)54-46-38-23-27-40(28-24-38)48(46)56(60-54)52(36-19-11-4-12-20-36)58-50-42-31-29-41(30-32-42)49(50)57(61-58)51(35-17-9-3-10-18-35)55-47-39-25-21-37(22-26-39)45(47)53(43)59-55/h1-21,23,25,27,29,31,37-42,61H,22,24,26,28,30,32H2. The van der Waals surface area contributed by atoms with Crippen LogP contribution < -0.4 is 0 Å². The molecular weight excluding hydrogens is 739 g/mol. The first-order chi connectivity index (χ1) is 30.3. The first-order valence-electron chi connectivity index (χ1n) is 22.7. The first-order valence-corrected chi connectivity index (χ1v) is 22.7. The average molecular weight is 784 g/mol. The van der Waals surface area contributed by atoms with Crippen LogP contribution in [0.15, 0.2) is 201 Å². The number of allylic oxidation sites excluding steroid dienone is 12. The van der Waals surface area contributed by atoms with Crippen molar-refractivity contribution in [1.29, 1.82) is 0 Å². The van der Waals surface area contributed by atoms with E-state index in [0.717, 1.165) is 61.3 Å². The molecule has 5 aromatic rings. The summed E-state index contributed by atoms with van der Waals surface area (Å²) in [6, 6.07) is 44.8. The fourth-order valence-electron chi connectivity index (χ4n) is 12.9. The van der Waals surface area contributed by atoms with Crippen LogP contribution in [0.25, 0.3) is 22.3 Å². The summed E-state index contributed by atoms with van der Waals surface area (Å²) in [7, 11) is 0. The molecule has 3 nitrogen and oxygen atoms in total. The summed E-state index contributed by atoms with van der Waals surface area (Å²) in [4.78, 5) is 16.7. The molecule has 12 aliphatic rings. The topological polar surface area (TPSA) is 40.5 Å². The van der Waals surface area contributed by atoms with Crippen LogP contribution in [0.4, 0.5) is 0 Å². The molecule has 3 heterocycles. The van der Waals surface area contributed by atoms with Gasteiger partial charge in [-0.25, -0.2) is 9.98 Å². The predicted octanol–water partition coefficient (Wildman–Crippen LogP) is 13.4. The van der Waals surface area contributed by atoms with Gasteiger partial charge in [0.15, 0.2) is 0 Å². The lowest BCUT2D eigenvalue weighted by Crippen LogP contribution is -2.27. The molecule has 12 bridgehead atoms. The highest BCUT2D eigenvalue weighted by molar-refractivity contribution is 6.50. The van der Waals surface area contributed by atoms with Gasteiger partial charge in [-0.1, -0.05) is 158 Å². The van der Waals surface area contributed by atoms with Gasteiger partial charge in [0.05, 0.1) is 34.2 Å². The highest BCUT2D eigenvalue weighted by atomic mass is 14.9. The Bertz CT molecular complexity index is 2860. The maximum atomic E-state index is 6.17. The van der Waals surface area contributed by atoms with Crippen molar-refractivity contribution in [3.8, 4) is 0 Å². The van der Waals surface area contributed by atoms with Crippen LogP contribution in [-0.2, 0) is 0 Å². The molecule has 0 radical (unpaired) electrons. The second-order valence-electron chi connectivity index (χ2n) is 18.5. The highest BCUT2D eigenvalue weighted by Crippen LogP contribution is 2.59. The van der Waals surface area contributed by atoms with Crippen LogP contribution >= 0.6 is 0 Å². The summed E-state index contributed by atoms with van der Waals surface area (Å²) in [5.74, 6) is 1.91. The Labute approximate surface area is 357 Å². The number of aromatic amines is 1. The van der Waals surface area contributed by atoms with Crippen molar-refractivity contribution in [1.82, 2.24) is 4.98 Å². The van der Waals surface area contributed by atoms with Crippen LogP contribution in [0.3, 0.4) is 0 Å². The summed E-state index contributed by atoms with van der Waals surface area (Å²) in [6.07, 6.45) is 22.0. The SMILES string of the molecule is C1=CC2CCC1C1=C2C2=C(c3ccccc3)c3[nH]c(c4c3C3C=CC4CC3)C(c3ccccc3)=C3N=C(C(c4ccccc4)=C(c4ccccc4)C1=N2)C1=C3C2C=CC1CC2. The van der Waals surface area contributed by atoms with Crippen LogP contribution in [0.5, 0.6) is 0 Å². The molecule has 6 unspecified atom stereocenters. The van der Waals surface area contributed by atoms with E-state index in [0.29, 0.717) is 35.5 Å². The monoisotopic (exact) mass is 783 g/mol. The van der Waals surface area contributed by atoms with Gasteiger partial charge < -0.3 is 4.98 Å². The molecule has 61 heavy (non-hydrogen) atoms. The normalized spacial score (nSPS) is 27.3. The minimum absolute atomic E-state index is 0.304. The van der Waals surface area contributed by atoms with E-state index in [1.54, 1.807) is 0 Å². The first kappa shape index (κ1) is 34.2. The van der Waals surface area contributed by atoms with Gasteiger partial charge in [-0.15, -0.1) is 0 Å². The molecule has 17 rings (SSSR count). The number of aliphatic imine (C=N–C) groups is 2. The van der Waals surface area contributed by atoms with Gasteiger partial charge in [0.2, 0.25) is 0 Å². The van der Waals surface area contributed by atoms with Gasteiger partial charge in [0, 0.05) is 57.8 Å². The summed E-state index contributed by atoms with van der Waals surface area (Å²) in [6.45, 7) is 0. The summed E-state index contributed by atoms with van der Waals surface area (Å²) in [5.41, 5.74) is 25.4. The van der Waals surface area contributed by atoms with Crippen molar-refractivity contribution >= 4 is 33.7 Å². The number of aromatic nitrogens is 1. The predicted molar refractivity (Wildman–Crippen MR) is 249 cm³/mol. The molecule has 2 aliphatic heterocycles. The number of hydrogen-bond acceptors (Lipinski definition) is 2. The van der Waals surface area contributed by atoms with Crippen molar-refractivity contribution in [2.24, 2.45) is 33.7 Å². The Morgan fingerprint density at radius 2 is 0.623 bits per heavy atom. The molecule has 0 amide bonds. The van der Waals surface area contributed by atoms with E-state index in [4.69, 9.17) is 9.98 Å². The van der Waals surface area contributed by atoms with Gasteiger partial charge in [0.1, 0.15) is 0 Å². The fraction of sp³-hybridized carbons (Fsp3) is 0.207. The van der Waals surface area contributed by atoms with Crippen LogP contribution in [-0.4, -0.2) is 16.4 Å². The molecule has 292 valence electrons. The number of nitrogens with one attached hydrogen (secondary N) is 1. The van der Waals surface area contributed by atoms with E-state index in [-0.39, 0.29) is 0 Å². The number of fused-ring (bicyclic) bond motifs is 3. The lowest BCUT2D eigenvalue weighted by atomic mass is 9.66. The molecule has 0 fully saturated rings. The van der Waals surface area contributed by atoms with Gasteiger partial charge in [0.25, 0.3) is 0 Å². The number of nitrogens with zero attached hydrogens (tertiary/aromatic N) is 2. The van der Waals surface area contributed by atoms with Crippen molar-refractivity contribution in [2.45, 2.75) is 50.4 Å². The van der Waals surface area contributed by atoms with Crippen molar-refractivity contribution in [3.63, 3.8) is 0 Å². The van der Waals surface area contributed by atoms with E-state index < -0.39 is 0 Å². The smallest absolute Gasteiger partial charge is 0.0778 e. The Morgan fingerprint density at radius 1 is 0.328 bits per heavy atom. The molecule has 4 aromatic carbocycles. The lowest BCUT2D eigenvalue weighted by molar-refractivity contribution is 0.502. The third-order valence-corrected chi connectivity index (χ3v) is 15.4. The second kappa shape index (κ2) is 13.0. The van der Waals surface area contributed by atoms with E-state index in [1.807, 2.05) is 0 Å². The van der Waals surface area contributed by atoms with Gasteiger partial charge in [-0.2, -0.15) is 0 Å². The third-order valence-electron chi connectivity index (χ3n) is 15.4. The van der Waals surface area contributed by atoms with Gasteiger partial charge in [-0.3, -0.25) is 0 Å². The Balaban J connectivity index is 1.23. The molecule has 3 heteroatoms.